The van der Waals surface area contributed by atoms with Crippen molar-refractivity contribution in [2.75, 3.05) is 24.7 Å². The second kappa shape index (κ2) is 7.93. The van der Waals surface area contributed by atoms with Gasteiger partial charge in [0.1, 0.15) is 0 Å². The fourth-order valence-electron chi connectivity index (χ4n) is 2.20. The van der Waals surface area contributed by atoms with Crippen LogP contribution in [0.25, 0.3) is 0 Å². The van der Waals surface area contributed by atoms with Crippen LogP contribution in [0.4, 0.5) is 5.69 Å². The normalized spacial score (nSPS) is 12.4. The number of carbonyl (C=O) groups excluding carboxylic acids is 1. The Balaban J connectivity index is 2.60. The molecule has 0 atom stereocenters. The molecule has 1 amide bonds. The van der Waals surface area contributed by atoms with Gasteiger partial charge in [-0.15, -0.1) is 0 Å². The van der Waals surface area contributed by atoms with Crippen molar-refractivity contribution >= 4 is 21.6 Å². The molecule has 0 aliphatic carbocycles. The molecule has 1 aromatic rings. The molecule has 0 unspecified atom stereocenters. The highest BCUT2D eigenvalue weighted by molar-refractivity contribution is 7.88. The molecule has 1 N–H and O–H groups in total. The van der Waals surface area contributed by atoms with E-state index in [0.717, 1.165) is 12.1 Å². The molecule has 0 aliphatic rings. The number of hydrogen-bond donors (Lipinski definition) is 1. The van der Waals surface area contributed by atoms with Crippen molar-refractivity contribution in [2.45, 2.75) is 46.0 Å². The van der Waals surface area contributed by atoms with Crippen LogP contribution in [0.5, 0.6) is 0 Å². The smallest absolute Gasteiger partial charge is 0.225 e. The molecule has 0 spiro atoms. The van der Waals surface area contributed by atoms with E-state index < -0.39 is 10.0 Å². The maximum atomic E-state index is 12.0. The summed E-state index contributed by atoms with van der Waals surface area (Å²) < 4.78 is 24.6. The van der Waals surface area contributed by atoms with E-state index >= 15 is 0 Å². The van der Waals surface area contributed by atoms with Crippen molar-refractivity contribution in [2.24, 2.45) is 0 Å². The number of amides is 1. The Bertz CT molecular complexity index is 616. The van der Waals surface area contributed by atoms with E-state index in [-0.39, 0.29) is 24.3 Å². The molecule has 130 valence electrons. The van der Waals surface area contributed by atoms with Gasteiger partial charge in [0, 0.05) is 25.2 Å². The highest BCUT2D eigenvalue weighted by Gasteiger charge is 2.17. The van der Waals surface area contributed by atoms with Gasteiger partial charge in [-0.2, -0.15) is 0 Å². The van der Waals surface area contributed by atoms with Gasteiger partial charge >= 0.3 is 0 Å². The van der Waals surface area contributed by atoms with Crippen LogP contribution in [0.2, 0.25) is 0 Å². The zero-order valence-corrected chi connectivity index (χ0v) is 15.5. The first-order valence-electron chi connectivity index (χ1n) is 7.89. The summed E-state index contributed by atoms with van der Waals surface area (Å²) in [5.41, 5.74) is 1.99. The largest absolute Gasteiger partial charge is 0.326 e. The van der Waals surface area contributed by atoms with E-state index in [4.69, 9.17) is 0 Å². The standard InChI is InChI=1S/C17H28N2O3S/c1-6-12-19(23(5,21)22)13-11-16(20)18-15-9-7-14(8-10-15)17(2,3)4/h7-10H,6,11-13H2,1-5H3,(H,18,20). The lowest BCUT2D eigenvalue weighted by molar-refractivity contribution is -0.116. The summed E-state index contributed by atoms with van der Waals surface area (Å²) in [4.78, 5) is 12.0. The summed E-state index contributed by atoms with van der Waals surface area (Å²) in [5.74, 6) is -0.182. The summed E-state index contributed by atoms with van der Waals surface area (Å²) in [6, 6.07) is 7.74. The van der Waals surface area contributed by atoms with E-state index in [2.05, 4.69) is 26.1 Å². The van der Waals surface area contributed by atoms with E-state index in [1.165, 1.54) is 16.1 Å². The average molecular weight is 340 g/mol. The Labute approximate surface area is 140 Å². The molecule has 0 saturated carbocycles. The number of benzene rings is 1. The van der Waals surface area contributed by atoms with Crippen molar-refractivity contribution < 1.29 is 13.2 Å². The third-order valence-electron chi connectivity index (χ3n) is 3.56. The van der Waals surface area contributed by atoms with Gasteiger partial charge in [-0.25, -0.2) is 12.7 Å². The van der Waals surface area contributed by atoms with E-state index in [1.807, 2.05) is 31.2 Å². The Morgan fingerprint density at radius 1 is 1.13 bits per heavy atom. The molecule has 1 aromatic carbocycles. The van der Waals surface area contributed by atoms with Gasteiger partial charge in [0.2, 0.25) is 15.9 Å². The first-order valence-corrected chi connectivity index (χ1v) is 9.74. The Hall–Kier alpha value is -1.40. The van der Waals surface area contributed by atoms with E-state index in [1.54, 1.807) is 0 Å². The molecular weight excluding hydrogens is 312 g/mol. The monoisotopic (exact) mass is 340 g/mol. The highest BCUT2D eigenvalue weighted by atomic mass is 32.2. The molecule has 0 aliphatic heterocycles. The maximum absolute atomic E-state index is 12.0. The van der Waals surface area contributed by atoms with Gasteiger partial charge in [-0.05, 0) is 29.5 Å². The van der Waals surface area contributed by atoms with Crippen LogP contribution in [0, 0.1) is 0 Å². The summed E-state index contributed by atoms with van der Waals surface area (Å²) >= 11 is 0. The second-order valence-corrected chi connectivity index (χ2v) is 8.77. The van der Waals surface area contributed by atoms with Crippen LogP contribution >= 0.6 is 0 Å². The Kier molecular flexibility index (Phi) is 6.77. The van der Waals surface area contributed by atoms with Crippen LogP contribution in [-0.4, -0.2) is 38.0 Å². The van der Waals surface area contributed by atoms with Crippen molar-refractivity contribution in [1.82, 2.24) is 4.31 Å². The van der Waals surface area contributed by atoms with Crippen LogP contribution in [0.1, 0.15) is 46.1 Å². The fourth-order valence-corrected chi connectivity index (χ4v) is 3.13. The minimum atomic E-state index is -3.26. The number of nitrogens with zero attached hydrogens (tertiary/aromatic N) is 1. The van der Waals surface area contributed by atoms with Crippen molar-refractivity contribution in [3.05, 3.63) is 29.8 Å². The molecule has 0 saturated heterocycles. The van der Waals surface area contributed by atoms with Gasteiger partial charge in [0.25, 0.3) is 0 Å². The Morgan fingerprint density at radius 3 is 2.13 bits per heavy atom. The van der Waals surface area contributed by atoms with Gasteiger partial charge < -0.3 is 5.32 Å². The summed E-state index contributed by atoms with van der Waals surface area (Å²) in [6.07, 6.45) is 2.04. The third kappa shape index (κ3) is 6.71. The lowest BCUT2D eigenvalue weighted by Crippen LogP contribution is -2.33. The topological polar surface area (TPSA) is 66.5 Å². The zero-order chi connectivity index (χ0) is 17.7. The fraction of sp³-hybridized carbons (Fsp3) is 0.588. The number of anilines is 1. The average Bonchev–Trinajstić information content (AvgIpc) is 2.41. The third-order valence-corrected chi connectivity index (χ3v) is 4.87. The first kappa shape index (κ1) is 19.6. The predicted molar refractivity (Wildman–Crippen MR) is 95.1 cm³/mol. The van der Waals surface area contributed by atoms with Crippen LogP contribution in [0.15, 0.2) is 24.3 Å². The first-order chi connectivity index (χ1) is 10.5. The predicted octanol–water partition coefficient (Wildman–Crippen LogP) is 2.98. The molecule has 0 aromatic heterocycles. The number of nitrogens with one attached hydrogen (secondary N) is 1. The van der Waals surface area contributed by atoms with Gasteiger partial charge in [0.15, 0.2) is 0 Å². The molecule has 5 nitrogen and oxygen atoms in total. The number of hydrogen-bond acceptors (Lipinski definition) is 3. The summed E-state index contributed by atoms with van der Waals surface area (Å²) in [6.45, 7) is 8.95. The SMILES string of the molecule is CCCN(CCC(=O)Nc1ccc(C(C)(C)C)cc1)S(C)(=O)=O. The minimum absolute atomic E-state index is 0.0681. The van der Waals surface area contributed by atoms with Crippen molar-refractivity contribution in [3.8, 4) is 0 Å². The summed E-state index contributed by atoms with van der Waals surface area (Å²) in [7, 11) is -3.26. The lowest BCUT2D eigenvalue weighted by atomic mass is 9.87. The van der Waals surface area contributed by atoms with Crippen LogP contribution < -0.4 is 5.32 Å². The number of carbonyl (C=O) groups is 1. The quantitative estimate of drug-likeness (QED) is 0.830. The molecular formula is C17H28N2O3S. The van der Waals surface area contributed by atoms with Crippen molar-refractivity contribution in [1.29, 1.82) is 0 Å². The van der Waals surface area contributed by atoms with E-state index in [9.17, 15) is 13.2 Å². The molecule has 0 radical (unpaired) electrons. The Morgan fingerprint density at radius 2 is 1.70 bits per heavy atom. The van der Waals surface area contributed by atoms with Crippen LogP contribution in [-0.2, 0) is 20.2 Å². The molecule has 23 heavy (non-hydrogen) atoms. The summed E-state index contributed by atoms with van der Waals surface area (Å²) in [5, 5.41) is 2.81. The van der Waals surface area contributed by atoms with E-state index in [0.29, 0.717) is 6.54 Å². The number of rotatable bonds is 7. The minimum Gasteiger partial charge on any atom is -0.326 e. The molecule has 6 heteroatoms. The van der Waals surface area contributed by atoms with Gasteiger partial charge in [0.05, 0.1) is 6.26 Å². The number of sulfonamides is 1. The highest BCUT2D eigenvalue weighted by Crippen LogP contribution is 2.23. The molecule has 0 heterocycles. The molecule has 1 rings (SSSR count). The van der Waals surface area contributed by atoms with Gasteiger partial charge in [-0.1, -0.05) is 39.8 Å². The second-order valence-electron chi connectivity index (χ2n) is 6.79. The van der Waals surface area contributed by atoms with Crippen LogP contribution in [0.3, 0.4) is 0 Å². The van der Waals surface area contributed by atoms with Gasteiger partial charge in [-0.3, -0.25) is 4.79 Å². The zero-order valence-electron chi connectivity index (χ0n) is 14.7. The van der Waals surface area contributed by atoms with Crippen molar-refractivity contribution in [3.63, 3.8) is 0 Å². The maximum Gasteiger partial charge on any atom is 0.225 e. The molecule has 0 fully saturated rings. The lowest BCUT2D eigenvalue weighted by Gasteiger charge is -2.20. The molecule has 0 bridgehead atoms.